The van der Waals surface area contributed by atoms with Gasteiger partial charge in [0.25, 0.3) is 0 Å². The third-order valence-corrected chi connectivity index (χ3v) is 6.18. The fraction of sp³-hybridized carbons (Fsp3) is 0.273. The molecule has 1 aliphatic rings. The van der Waals surface area contributed by atoms with Crippen molar-refractivity contribution in [1.29, 1.82) is 0 Å². The molecule has 4 rings (SSSR count). The summed E-state index contributed by atoms with van der Waals surface area (Å²) in [5.74, 6) is 7.81. The van der Waals surface area contributed by atoms with E-state index >= 15 is 0 Å². The Morgan fingerprint density at radius 3 is 2.71 bits per heavy atom. The number of amides is 2. The summed E-state index contributed by atoms with van der Waals surface area (Å²) in [5.41, 5.74) is 0.598. The molecule has 0 fully saturated rings. The number of halogens is 1. The van der Waals surface area contributed by atoms with E-state index in [0.717, 1.165) is 0 Å². The van der Waals surface area contributed by atoms with Crippen LogP contribution < -0.4 is 21.2 Å². The highest BCUT2D eigenvalue weighted by molar-refractivity contribution is 7.99. The maximum Gasteiger partial charge on any atom is 0.338 e. The molecule has 13 heteroatoms. The number of esters is 1. The second-order valence-electron chi connectivity index (χ2n) is 7.39. The van der Waals surface area contributed by atoms with Crippen molar-refractivity contribution in [3.63, 3.8) is 0 Å². The molecule has 0 bridgehead atoms. The quantitative estimate of drug-likeness (QED) is 0.221. The predicted octanol–water partition coefficient (Wildman–Crippen LogP) is 3.09. The lowest BCUT2D eigenvalue weighted by Crippen LogP contribution is -2.46. The molecular formula is C22H23ClN6O5S. The highest BCUT2D eigenvalue weighted by Crippen LogP contribution is 2.31. The second-order valence-corrected chi connectivity index (χ2v) is 8.77. The molecule has 184 valence electrons. The molecular weight excluding hydrogens is 496 g/mol. The Morgan fingerprint density at radius 1 is 1.26 bits per heavy atom. The van der Waals surface area contributed by atoms with Crippen molar-refractivity contribution in [3.8, 4) is 5.75 Å². The molecule has 0 spiro atoms. The molecule has 0 saturated carbocycles. The summed E-state index contributed by atoms with van der Waals surface area (Å²) in [4.78, 5) is 25.2. The minimum Gasteiger partial charge on any atom is -0.486 e. The number of nitrogens with zero attached hydrogens (tertiary/aromatic N) is 3. The first kappa shape index (κ1) is 24.5. The van der Waals surface area contributed by atoms with Crippen molar-refractivity contribution in [3.05, 3.63) is 70.0 Å². The van der Waals surface area contributed by atoms with Crippen LogP contribution >= 0.6 is 23.4 Å². The lowest BCUT2D eigenvalue weighted by molar-refractivity contribution is -0.139. The van der Waals surface area contributed by atoms with Crippen molar-refractivity contribution in [1.82, 2.24) is 25.5 Å². The zero-order valence-electron chi connectivity index (χ0n) is 18.9. The molecule has 1 aliphatic heterocycles. The fourth-order valence-corrected chi connectivity index (χ4v) is 4.29. The van der Waals surface area contributed by atoms with E-state index < -0.39 is 18.0 Å². The SMILES string of the molecule is CCOC(=O)C1=C(CSc2nnc(COc3ccc(Cl)cc3)n2N)NC(=O)NC1c1ccc(C)o1. The molecule has 3 heterocycles. The average molecular weight is 519 g/mol. The summed E-state index contributed by atoms with van der Waals surface area (Å²) >= 11 is 7.08. The van der Waals surface area contributed by atoms with Crippen LogP contribution in [0.3, 0.4) is 0 Å². The Hall–Kier alpha value is -3.64. The van der Waals surface area contributed by atoms with Gasteiger partial charge in [0.2, 0.25) is 5.16 Å². The number of rotatable bonds is 9. The summed E-state index contributed by atoms with van der Waals surface area (Å²) < 4.78 is 17.9. The van der Waals surface area contributed by atoms with Crippen LogP contribution in [0, 0.1) is 6.92 Å². The van der Waals surface area contributed by atoms with Gasteiger partial charge in [-0.3, -0.25) is 0 Å². The van der Waals surface area contributed by atoms with Gasteiger partial charge < -0.3 is 30.4 Å². The first-order chi connectivity index (χ1) is 16.9. The minimum atomic E-state index is -0.800. The summed E-state index contributed by atoms with van der Waals surface area (Å²) in [5, 5.41) is 14.5. The molecule has 2 amide bonds. The molecule has 35 heavy (non-hydrogen) atoms. The smallest absolute Gasteiger partial charge is 0.338 e. The Bertz CT molecular complexity index is 1260. The largest absolute Gasteiger partial charge is 0.486 e. The number of aromatic nitrogens is 3. The number of urea groups is 1. The van der Waals surface area contributed by atoms with E-state index in [1.807, 2.05) is 0 Å². The topological polar surface area (TPSA) is 147 Å². The molecule has 1 atom stereocenters. The van der Waals surface area contributed by atoms with Crippen LogP contribution in [0.1, 0.15) is 30.3 Å². The first-order valence-corrected chi connectivity index (χ1v) is 12.0. The highest BCUT2D eigenvalue weighted by atomic mass is 35.5. The lowest BCUT2D eigenvalue weighted by Gasteiger charge is -2.27. The van der Waals surface area contributed by atoms with Crippen LogP contribution in [0.15, 0.2) is 57.2 Å². The van der Waals surface area contributed by atoms with Crippen molar-refractivity contribution < 1.29 is 23.5 Å². The first-order valence-electron chi connectivity index (χ1n) is 10.6. The maximum absolute atomic E-state index is 12.8. The molecule has 0 radical (unpaired) electrons. The Balaban J connectivity index is 1.52. The molecule has 0 saturated heterocycles. The minimum absolute atomic E-state index is 0.0863. The fourth-order valence-electron chi connectivity index (χ4n) is 3.32. The molecule has 11 nitrogen and oxygen atoms in total. The van der Waals surface area contributed by atoms with Crippen LogP contribution in [0.5, 0.6) is 5.75 Å². The van der Waals surface area contributed by atoms with Crippen LogP contribution in [0.2, 0.25) is 5.02 Å². The number of ether oxygens (including phenoxy) is 2. The average Bonchev–Trinajstić information content (AvgIpc) is 3.42. The number of nitrogens with two attached hydrogens (primary N) is 1. The van der Waals surface area contributed by atoms with Gasteiger partial charge in [0.15, 0.2) is 5.82 Å². The number of aryl methyl sites for hydroxylation is 1. The van der Waals surface area contributed by atoms with E-state index in [1.165, 1.54) is 16.4 Å². The number of benzene rings is 1. The van der Waals surface area contributed by atoms with Gasteiger partial charge >= 0.3 is 12.0 Å². The summed E-state index contributed by atoms with van der Waals surface area (Å²) in [6, 6.07) is 9.08. The van der Waals surface area contributed by atoms with E-state index in [1.54, 1.807) is 50.2 Å². The van der Waals surface area contributed by atoms with E-state index in [4.69, 9.17) is 31.3 Å². The summed E-state index contributed by atoms with van der Waals surface area (Å²) in [6.45, 7) is 3.75. The third kappa shape index (κ3) is 5.72. The monoisotopic (exact) mass is 518 g/mol. The normalized spacial score (nSPS) is 15.5. The Morgan fingerprint density at radius 2 is 2.03 bits per heavy atom. The lowest BCUT2D eigenvalue weighted by atomic mass is 10.0. The maximum atomic E-state index is 12.8. The number of hydrogen-bond acceptors (Lipinski definition) is 9. The standard InChI is InChI=1S/C22H23ClN6O5S/c1-3-32-20(30)18-15(25-21(31)26-19(18)16-9-4-12(2)34-16)11-35-22-28-27-17(29(22)24)10-33-14-7-5-13(23)6-8-14/h4-9,19H,3,10-11,24H2,1-2H3,(H2,25,26,31). The van der Waals surface area contributed by atoms with Gasteiger partial charge in [0.05, 0.1) is 12.2 Å². The van der Waals surface area contributed by atoms with Gasteiger partial charge in [-0.1, -0.05) is 23.4 Å². The van der Waals surface area contributed by atoms with Crippen molar-refractivity contribution in [2.75, 3.05) is 18.2 Å². The number of carbonyl (C=O) groups is 2. The third-order valence-electron chi connectivity index (χ3n) is 4.96. The van der Waals surface area contributed by atoms with Crippen molar-refractivity contribution >= 4 is 35.4 Å². The zero-order chi connectivity index (χ0) is 24.9. The van der Waals surface area contributed by atoms with Crippen LogP contribution in [0.4, 0.5) is 4.79 Å². The van der Waals surface area contributed by atoms with Crippen LogP contribution in [-0.4, -0.2) is 39.2 Å². The van der Waals surface area contributed by atoms with Gasteiger partial charge in [-0.25, -0.2) is 14.3 Å². The summed E-state index contributed by atoms with van der Waals surface area (Å²) in [6.07, 6.45) is 0. The number of carbonyl (C=O) groups excluding carboxylic acids is 2. The van der Waals surface area contributed by atoms with E-state index in [0.29, 0.717) is 39.0 Å². The number of hydrogen-bond donors (Lipinski definition) is 3. The molecule has 1 aromatic carbocycles. The van der Waals surface area contributed by atoms with E-state index in [-0.39, 0.29) is 24.5 Å². The van der Waals surface area contributed by atoms with Gasteiger partial charge in [-0.05, 0) is 50.2 Å². The predicted molar refractivity (Wildman–Crippen MR) is 128 cm³/mol. The van der Waals surface area contributed by atoms with E-state index in [2.05, 4.69) is 20.8 Å². The van der Waals surface area contributed by atoms with Gasteiger partial charge in [-0.2, -0.15) is 0 Å². The molecule has 2 aromatic heterocycles. The van der Waals surface area contributed by atoms with Gasteiger partial charge in [0.1, 0.15) is 29.9 Å². The van der Waals surface area contributed by atoms with Crippen LogP contribution in [-0.2, 0) is 16.1 Å². The number of nitrogens with one attached hydrogen (secondary N) is 2. The van der Waals surface area contributed by atoms with Crippen molar-refractivity contribution in [2.24, 2.45) is 0 Å². The van der Waals surface area contributed by atoms with Gasteiger partial charge in [-0.15, -0.1) is 10.2 Å². The molecule has 1 unspecified atom stereocenters. The number of thioether (sulfide) groups is 1. The molecule has 3 aromatic rings. The number of nitrogen functional groups attached to an aromatic ring is 1. The molecule has 4 N–H and O–H groups in total. The number of furan rings is 1. The van der Waals surface area contributed by atoms with Gasteiger partial charge in [0, 0.05) is 16.5 Å². The Labute approximate surface area is 210 Å². The molecule has 0 aliphatic carbocycles. The van der Waals surface area contributed by atoms with Crippen LogP contribution in [0.25, 0.3) is 0 Å². The van der Waals surface area contributed by atoms with E-state index in [9.17, 15) is 9.59 Å². The van der Waals surface area contributed by atoms with Crippen molar-refractivity contribution in [2.45, 2.75) is 31.7 Å². The summed E-state index contributed by atoms with van der Waals surface area (Å²) in [7, 11) is 0. The highest BCUT2D eigenvalue weighted by Gasteiger charge is 2.35. The Kier molecular flexibility index (Phi) is 7.51. The second kappa shape index (κ2) is 10.7. The zero-order valence-corrected chi connectivity index (χ0v) is 20.5.